The van der Waals surface area contributed by atoms with Crippen molar-refractivity contribution in [2.45, 2.75) is 20.8 Å². The molecule has 0 atom stereocenters. The second-order valence-corrected chi connectivity index (χ2v) is 8.22. The van der Waals surface area contributed by atoms with E-state index in [9.17, 15) is 14.4 Å². The Bertz CT molecular complexity index is 1050. The molecule has 0 saturated heterocycles. The number of benzene rings is 2. The van der Waals surface area contributed by atoms with Crippen LogP contribution in [0.5, 0.6) is 0 Å². The summed E-state index contributed by atoms with van der Waals surface area (Å²) < 4.78 is 0. The van der Waals surface area contributed by atoms with Crippen molar-refractivity contribution in [1.29, 1.82) is 0 Å². The summed E-state index contributed by atoms with van der Waals surface area (Å²) >= 11 is 12.3. The standard InChI is InChI=1S/C22H21Cl2N3O3/c1-12(2)11-27-21(29)19(17-9-4-14(23)10-18(17)24)20(22(27)30)26-16-7-5-15(6-8-16)25-13(3)28/h4-10,12,26H,11H2,1-3H3,(H,25,28). The molecule has 0 spiro atoms. The largest absolute Gasteiger partial charge is 0.350 e. The van der Waals surface area contributed by atoms with Gasteiger partial charge >= 0.3 is 0 Å². The number of nitrogens with zero attached hydrogens (tertiary/aromatic N) is 1. The molecule has 1 aliphatic heterocycles. The molecule has 0 unspecified atom stereocenters. The van der Waals surface area contributed by atoms with Crippen LogP contribution in [0.15, 0.2) is 48.2 Å². The molecule has 30 heavy (non-hydrogen) atoms. The average Bonchev–Trinajstić information content (AvgIpc) is 2.87. The Morgan fingerprint density at radius 1 is 1.00 bits per heavy atom. The Kier molecular flexibility index (Phi) is 6.48. The SMILES string of the molecule is CC(=O)Nc1ccc(NC2=C(c3ccc(Cl)cc3Cl)C(=O)N(CC(C)C)C2=O)cc1. The third-order valence-electron chi connectivity index (χ3n) is 4.39. The lowest BCUT2D eigenvalue weighted by atomic mass is 10.0. The number of nitrogens with one attached hydrogen (secondary N) is 2. The number of carbonyl (C=O) groups is 3. The third-order valence-corrected chi connectivity index (χ3v) is 4.94. The van der Waals surface area contributed by atoms with Crippen LogP contribution in [0.3, 0.4) is 0 Å². The molecule has 1 aliphatic rings. The van der Waals surface area contributed by atoms with Crippen molar-refractivity contribution >= 4 is 57.9 Å². The molecular weight excluding hydrogens is 425 g/mol. The van der Waals surface area contributed by atoms with Crippen LogP contribution in [0.2, 0.25) is 10.0 Å². The Labute approximate surface area is 184 Å². The Morgan fingerprint density at radius 2 is 1.63 bits per heavy atom. The van der Waals surface area contributed by atoms with E-state index in [1.807, 2.05) is 13.8 Å². The van der Waals surface area contributed by atoms with E-state index in [-0.39, 0.29) is 28.1 Å². The molecule has 2 aromatic carbocycles. The monoisotopic (exact) mass is 445 g/mol. The first kappa shape index (κ1) is 21.9. The smallest absolute Gasteiger partial charge is 0.278 e. The van der Waals surface area contributed by atoms with E-state index in [0.717, 1.165) is 0 Å². The fourth-order valence-electron chi connectivity index (χ4n) is 3.15. The van der Waals surface area contributed by atoms with Gasteiger partial charge in [-0.15, -0.1) is 0 Å². The molecule has 3 rings (SSSR count). The third kappa shape index (κ3) is 4.66. The first-order valence-electron chi connectivity index (χ1n) is 9.38. The van der Waals surface area contributed by atoms with Crippen molar-refractivity contribution in [3.05, 3.63) is 63.8 Å². The zero-order valence-corrected chi connectivity index (χ0v) is 18.3. The number of amides is 3. The van der Waals surface area contributed by atoms with E-state index in [0.29, 0.717) is 28.5 Å². The first-order chi connectivity index (χ1) is 14.2. The van der Waals surface area contributed by atoms with Crippen LogP contribution in [0, 0.1) is 5.92 Å². The van der Waals surface area contributed by atoms with E-state index < -0.39 is 11.8 Å². The molecule has 0 saturated carbocycles. The second kappa shape index (κ2) is 8.90. The van der Waals surface area contributed by atoms with E-state index in [1.165, 1.54) is 17.9 Å². The summed E-state index contributed by atoms with van der Waals surface area (Å²) in [7, 11) is 0. The van der Waals surface area contributed by atoms with Crippen LogP contribution in [0.4, 0.5) is 11.4 Å². The fraction of sp³-hybridized carbons (Fsp3) is 0.227. The molecule has 2 N–H and O–H groups in total. The van der Waals surface area contributed by atoms with Gasteiger partial charge in [0.15, 0.2) is 0 Å². The van der Waals surface area contributed by atoms with Crippen molar-refractivity contribution in [3.63, 3.8) is 0 Å². The van der Waals surface area contributed by atoms with Crippen LogP contribution in [-0.2, 0) is 14.4 Å². The van der Waals surface area contributed by atoms with E-state index in [2.05, 4.69) is 10.6 Å². The zero-order chi connectivity index (χ0) is 22.0. The number of halogens is 2. The summed E-state index contributed by atoms with van der Waals surface area (Å²) in [6, 6.07) is 11.6. The average molecular weight is 446 g/mol. The highest BCUT2D eigenvalue weighted by Crippen LogP contribution is 2.35. The molecule has 1 heterocycles. The molecule has 2 aromatic rings. The zero-order valence-electron chi connectivity index (χ0n) is 16.8. The highest BCUT2D eigenvalue weighted by atomic mass is 35.5. The van der Waals surface area contributed by atoms with Crippen molar-refractivity contribution in [2.24, 2.45) is 5.92 Å². The first-order valence-corrected chi connectivity index (χ1v) is 10.1. The van der Waals surface area contributed by atoms with Crippen molar-refractivity contribution in [1.82, 2.24) is 4.90 Å². The van der Waals surface area contributed by atoms with Gasteiger partial charge in [0.25, 0.3) is 11.8 Å². The maximum Gasteiger partial charge on any atom is 0.278 e. The lowest BCUT2D eigenvalue weighted by molar-refractivity contribution is -0.137. The number of imide groups is 1. The maximum atomic E-state index is 13.1. The molecule has 0 fully saturated rings. The minimum absolute atomic E-state index is 0.108. The van der Waals surface area contributed by atoms with Gasteiger partial charge in [-0.1, -0.05) is 43.1 Å². The van der Waals surface area contributed by atoms with E-state index in [1.54, 1.807) is 36.4 Å². The summed E-state index contributed by atoms with van der Waals surface area (Å²) in [4.78, 5) is 38.6. The Hall–Kier alpha value is -2.83. The summed E-state index contributed by atoms with van der Waals surface area (Å²) in [6.45, 7) is 5.58. The molecule has 6 nitrogen and oxygen atoms in total. The van der Waals surface area contributed by atoms with Gasteiger partial charge in [0.05, 0.1) is 10.6 Å². The minimum atomic E-state index is -0.416. The van der Waals surface area contributed by atoms with Crippen LogP contribution in [0.1, 0.15) is 26.3 Å². The Balaban J connectivity index is 2.02. The summed E-state index contributed by atoms with van der Waals surface area (Å²) in [5.74, 6) is -0.897. The summed E-state index contributed by atoms with van der Waals surface area (Å²) in [5, 5.41) is 6.45. The lowest BCUT2D eigenvalue weighted by Gasteiger charge is -2.17. The minimum Gasteiger partial charge on any atom is -0.350 e. The van der Waals surface area contributed by atoms with Gasteiger partial charge in [-0.05, 0) is 42.3 Å². The molecule has 0 aliphatic carbocycles. The van der Waals surface area contributed by atoms with Crippen LogP contribution in [-0.4, -0.2) is 29.2 Å². The molecule has 0 radical (unpaired) electrons. The molecule has 3 amide bonds. The number of anilines is 2. The molecule has 0 bridgehead atoms. The van der Waals surface area contributed by atoms with Gasteiger partial charge in [0.1, 0.15) is 5.70 Å². The van der Waals surface area contributed by atoms with Gasteiger partial charge in [-0.2, -0.15) is 0 Å². The molecule has 0 aromatic heterocycles. The van der Waals surface area contributed by atoms with Gasteiger partial charge in [-0.3, -0.25) is 19.3 Å². The predicted molar refractivity (Wildman–Crippen MR) is 119 cm³/mol. The van der Waals surface area contributed by atoms with Crippen LogP contribution in [0.25, 0.3) is 5.57 Å². The predicted octanol–water partition coefficient (Wildman–Crippen LogP) is 4.80. The Morgan fingerprint density at radius 3 is 2.20 bits per heavy atom. The lowest BCUT2D eigenvalue weighted by Crippen LogP contribution is -2.35. The van der Waals surface area contributed by atoms with Crippen LogP contribution >= 0.6 is 23.2 Å². The van der Waals surface area contributed by atoms with E-state index >= 15 is 0 Å². The van der Waals surface area contributed by atoms with Gasteiger partial charge < -0.3 is 10.6 Å². The number of rotatable bonds is 6. The molecule has 156 valence electrons. The highest BCUT2D eigenvalue weighted by Gasteiger charge is 2.40. The van der Waals surface area contributed by atoms with Crippen molar-refractivity contribution < 1.29 is 14.4 Å². The highest BCUT2D eigenvalue weighted by molar-refractivity contribution is 6.41. The van der Waals surface area contributed by atoms with Crippen molar-refractivity contribution in [3.8, 4) is 0 Å². The normalized spacial score (nSPS) is 14.0. The second-order valence-electron chi connectivity index (χ2n) is 7.37. The van der Waals surface area contributed by atoms with E-state index in [4.69, 9.17) is 23.2 Å². The maximum absolute atomic E-state index is 13.1. The summed E-state index contributed by atoms with van der Waals surface area (Å²) in [6.07, 6.45) is 0. The number of carbonyl (C=O) groups excluding carboxylic acids is 3. The van der Waals surface area contributed by atoms with Gasteiger partial charge in [-0.25, -0.2) is 0 Å². The fourth-order valence-corrected chi connectivity index (χ4v) is 3.65. The molecular formula is C22H21Cl2N3O3. The number of hydrogen-bond donors (Lipinski definition) is 2. The number of hydrogen-bond acceptors (Lipinski definition) is 4. The summed E-state index contributed by atoms with van der Waals surface area (Å²) in [5.41, 5.74) is 2.00. The van der Waals surface area contributed by atoms with Gasteiger partial charge in [0.2, 0.25) is 5.91 Å². The molecule has 8 heteroatoms. The topological polar surface area (TPSA) is 78.5 Å². The van der Waals surface area contributed by atoms with Gasteiger partial charge in [0, 0.05) is 35.4 Å². The van der Waals surface area contributed by atoms with Crippen molar-refractivity contribution in [2.75, 3.05) is 17.2 Å². The quantitative estimate of drug-likeness (QED) is 0.625. The van der Waals surface area contributed by atoms with Crippen LogP contribution < -0.4 is 10.6 Å².